The van der Waals surface area contributed by atoms with Gasteiger partial charge in [-0.1, -0.05) is 11.3 Å². The second-order valence-corrected chi connectivity index (χ2v) is 6.31. The van der Waals surface area contributed by atoms with Crippen LogP contribution in [0, 0.1) is 13.7 Å². The van der Waals surface area contributed by atoms with E-state index in [0.717, 1.165) is 14.9 Å². The monoisotopic (exact) mass is 431 g/mol. The number of hydrogen-bond acceptors (Lipinski definition) is 6. The lowest BCUT2D eigenvalue weighted by Gasteiger charge is -2.04. The number of rotatable bonds is 6. The second kappa shape index (κ2) is 7.84. The number of nitro groups is 1. The molecule has 0 fully saturated rings. The predicted molar refractivity (Wildman–Crippen MR) is 91.4 cm³/mol. The molecule has 7 nitrogen and oxygen atoms in total. The smallest absolute Gasteiger partial charge is 0.324 e. The van der Waals surface area contributed by atoms with E-state index in [-0.39, 0.29) is 11.6 Å². The average molecular weight is 431 g/mol. The number of benzene rings is 1. The Morgan fingerprint density at radius 1 is 1.36 bits per heavy atom. The van der Waals surface area contributed by atoms with Gasteiger partial charge in [0, 0.05) is 9.64 Å². The first-order valence-corrected chi connectivity index (χ1v) is 7.88. The molecule has 1 aromatic heterocycles. The standard InChI is InChI=1S/C13H10IN3O4S/c14-9-1-3-10(4-2-9)21-8-12(18)16-15-7-11-5-6-13(22-11)17(19)20/h1-7H,8H2,(H,16,18). The molecule has 0 saturated heterocycles. The Morgan fingerprint density at radius 3 is 2.73 bits per heavy atom. The number of amides is 1. The molecule has 0 aliphatic heterocycles. The van der Waals surface area contributed by atoms with Crippen molar-refractivity contribution >= 4 is 51.1 Å². The van der Waals surface area contributed by atoms with E-state index in [2.05, 4.69) is 33.1 Å². The predicted octanol–water partition coefficient (Wildman–Crippen LogP) is 2.79. The van der Waals surface area contributed by atoms with Crippen LogP contribution in [0.15, 0.2) is 41.5 Å². The molecule has 0 unspecified atom stereocenters. The van der Waals surface area contributed by atoms with Gasteiger partial charge in [0.1, 0.15) is 5.75 Å². The summed E-state index contributed by atoms with van der Waals surface area (Å²) in [4.78, 5) is 22.2. The summed E-state index contributed by atoms with van der Waals surface area (Å²) in [6.07, 6.45) is 1.35. The molecule has 0 spiro atoms. The molecule has 1 heterocycles. The fourth-order valence-corrected chi connectivity index (χ4v) is 2.44. The highest BCUT2D eigenvalue weighted by Crippen LogP contribution is 2.22. The van der Waals surface area contributed by atoms with Crippen molar-refractivity contribution in [3.8, 4) is 5.75 Å². The van der Waals surface area contributed by atoms with Crippen LogP contribution in [0.25, 0.3) is 0 Å². The number of ether oxygens (including phenoxy) is 1. The van der Waals surface area contributed by atoms with E-state index >= 15 is 0 Å². The van der Waals surface area contributed by atoms with Crippen LogP contribution in [0.1, 0.15) is 4.88 Å². The third kappa shape index (κ3) is 5.07. The Morgan fingerprint density at radius 2 is 2.09 bits per heavy atom. The second-order valence-electron chi connectivity index (χ2n) is 3.97. The van der Waals surface area contributed by atoms with Crippen LogP contribution in [0.2, 0.25) is 0 Å². The highest BCUT2D eigenvalue weighted by Gasteiger charge is 2.08. The minimum atomic E-state index is -0.477. The fraction of sp³-hybridized carbons (Fsp3) is 0.0769. The molecule has 9 heteroatoms. The molecule has 114 valence electrons. The van der Waals surface area contributed by atoms with Crippen molar-refractivity contribution in [1.82, 2.24) is 5.43 Å². The van der Waals surface area contributed by atoms with Crippen molar-refractivity contribution in [2.75, 3.05) is 6.61 Å². The minimum Gasteiger partial charge on any atom is -0.484 e. The topological polar surface area (TPSA) is 93.8 Å². The third-order valence-electron chi connectivity index (χ3n) is 2.36. The number of nitrogens with zero attached hydrogens (tertiary/aromatic N) is 2. The summed E-state index contributed by atoms with van der Waals surface area (Å²) in [6, 6.07) is 10.2. The van der Waals surface area contributed by atoms with E-state index in [1.807, 2.05) is 12.1 Å². The van der Waals surface area contributed by atoms with Crippen LogP contribution in [-0.4, -0.2) is 23.7 Å². The Kier molecular flexibility index (Phi) is 5.83. The maximum atomic E-state index is 11.5. The van der Waals surface area contributed by atoms with Crippen molar-refractivity contribution in [3.05, 3.63) is 55.0 Å². The third-order valence-corrected chi connectivity index (χ3v) is 4.05. The summed E-state index contributed by atoms with van der Waals surface area (Å²) in [7, 11) is 0. The molecular formula is C13H10IN3O4S. The lowest BCUT2D eigenvalue weighted by atomic mass is 10.3. The van der Waals surface area contributed by atoms with Crippen LogP contribution in [0.5, 0.6) is 5.75 Å². The molecule has 22 heavy (non-hydrogen) atoms. The van der Waals surface area contributed by atoms with Crippen molar-refractivity contribution in [2.45, 2.75) is 0 Å². The maximum absolute atomic E-state index is 11.5. The molecule has 1 N–H and O–H groups in total. The molecule has 0 saturated carbocycles. The summed E-state index contributed by atoms with van der Waals surface area (Å²) in [5.74, 6) is 0.175. The van der Waals surface area contributed by atoms with Crippen molar-refractivity contribution < 1.29 is 14.5 Å². The fourth-order valence-electron chi connectivity index (χ4n) is 1.39. The van der Waals surface area contributed by atoms with Gasteiger partial charge in [-0.2, -0.15) is 5.10 Å². The largest absolute Gasteiger partial charge is 0.484 e. The van der Waals surface area contributed by atoms with Crippen LogP contribution in [0.4, 0.5) is 5.00 Å². The molecule has 0 atom stereocenters. The molecule has 0 aliphatic rings. The number of hydrogen-bond donors (Lipinski definition) is 1. The minimum absolute atomic E-state index is 0.0230. The van der Waals surface area contributed by atoms with Gasteiger partial charge in [0.2, 0.25) is 0 Å². The first-order chi connectivity index (χ1) is 10.5. The average Bonchev–Trinajstić information content (AvgIpc) is 2.96. The van der Waals surface area contributed by atoms with Crippen LogP contribution < -0.4 is 10.2 Å². The van der Waals surface area contributed by atoms with Crippen molar-refractivity contribution in [2.24, 2.45) is 5.10 Å². The maximum Gasteiger partial charge on any atom is 0.324 e. The Balaban J connectivity index is 1.78. The zero-order valence-corrected chi connectivity index (χ0v) is 14.0. The van der Waals surface area contributed by atoms with Gasteiger partial charge >= 0.3 is 5.00 Å². The molecule has 1 amide bonds. The van der Waals surface area contributed by atoms with Gasteiger partial charge in [0.25, 0.3) is 5.91 Å². The van der Waals surface area contributed by atoms with Gasteiger partial charge in [0.15, 0.2) is 6.61 Å². The summed E-state index contributed by atoms with van der Waals surface area (Å²) in [6.45, 7) is -0.164. The highest BCUT2D eigenvalue weighted by molar-refractivity contribution is 14.1. The van der Waals surface area contributed by atoms with E-state index in [1.165, 1.54) is 12.3 Å². The summed E-state index contributed by atoms with van der Waals surface area (Å²) in [5, 5.41) is 14.3. The molecule has 1 aromatic carbocycles. The van der Waals surface area contributed by atoms with Gasteiger partial charge in [-0.15, -0.1) is 0 Å². The Bertz CT molecular complexity index is 700. The zero-order chi connectivity index (χ0) is 15.9. The van der Waals surface area contributed by atoms with Gasteiger partial charge < -0.3 is 4.74 Å². The quantitative estimate of drug-likeness (QED) is 0.330. The molecule has 0 bridgehead atoms. The first-order valence-electron chi connectivity index (χ1n) is 5.99. The van der Waals surface area contributed by atoms with Crippen molar-refractivity contribution in [3.63, 3.8) is 0 Å². The van der Waals surface area contributed by atoms with Crippen LogP contribution in [-0.2, 0) is 4.79 Å². The Labute approximate surface area is 143 Å². The summed E-state index contributed by atoms with van der Waals surface area (Å²) in [5.41, 5.74) is 2.29. The van der Waals surface area contributed by atoms with E-state index in [4.69, 9.17) is 4.74 Å². The number of carbonyl (C=O) groups excluding carboxylic acids is 1. The molecule has 0 aliphatic carbocycles. The SMILES string of the molecule is O=C(COc1ccc(I)cc1)NN=Cc1ccc([N+](=O)[O-])s1. The Hall–Kier alpha value is -2.01. The number of hydrazone groups is 1. The van der Waals surface area contributed by atoms with Gasteiger partial charge in [-0.05, 0) is 52.9 Å². The lowest BCUT2D eigenvalue weighted by Crippen LogP contribution is -2.24. The van der Waals surface area contributed by atoms with E-state index in [1.54, 1.807) is 18.2 Å². The van der Waals surface area contributed by atoms with E-state index < -0.39 is 10.8 Å². The van der Waals surface area contributed by atoms with E-state index in [0.29, 0.717) is 10.6 Å². The lowest BCUT2D eigenvalue weighted by molar-refractivity contribution is -0.380. The van der Waals surface area contributed by atoms with Crippen molar-refractivity contribution in [1.29, 1.82) is 0 Å². The number of halogens is 1. The number of thiophene rings is 1. The zero-order valence-electron chi connectivity index (χ0n) is 11.1. The number of nitrogens with one attached hydrogen (secondary N) is 1. The molecule has 2 rings (SSSR count). The van der Waals surface area contributed by atoms with Gasteiger partial charge in [-0.3, -0.25) is 14.9 Å². The number of carbonyl (C=O) groups is 1. The summed E-state index contributed by atoms with van der Waals surface area (Å²) >= 11 is 3.15. The highest BCUT2D eigenvalue weighted by atomic mass is 127. The summed E-state index contributed by atoms with van der Waals surface area (Å²) < 4.78 is 6.36. The van der Waals surface area contributed by atoms with Gasteiger partial charge in [0.05, 0.1) is 16.0 Å². The normalized spacial score (nSPS) is 10.6. The molecule has 0 radical (unpaired) electrons. The van der Waals surface area contributed by atoms with Gasteiger partial charge in [-0.25, -0.2) is 5.43 Å². The molecular weight excluding hydrogens is 421 g/mol. The van der Waals surface area contributed by atoms with Crippen LogP contribution in [0.3, 0.4) is 0 Å². The molecule has 2 aromatic rings. The van der Waals surface area contributed by atoms with E-state index in [9.17, 15) is 14.9 Å². The first kappa shape index (κ1) is 16.4. The van der Waals surface area contributed by atoms with Crippen LogP contribution >= 0.6 is 33.9 Å².